The molecule has 0 saturated carbocycles. The number of hydrogen-bond donors (Lipinski definition) is 2. The smallest absolute Gasteiger partial charge is 0.171 e. The average molecular weight is 1090 g/mol. The molecule has 6 fully saturated rings. The number of unbranched alkanes of at least 4 members (excludes halogenated alkanes) is 10. The summed E-state index contributed by atoms with van der Waals surface area (Å²) in [6.45, 7) is 45.7. The van der Waals surface area contributed by atoms with E-state index in [0.29, 0.717) is 65.2 Å². The van der Waals surface area contributed by atoms with E-state index in [1.807, 2.05) is 0 Å². The van der Waals surface area contributed by atoms with Gasteiger partial charge in [0.25, 0.3) is 0 Å². The molecular formula is C63H120N4O10. The minimum absolute atomic E-state index is 0.0321. The Labute approximate surface area is 471 Å². The van der Waals surface area contributed by atoms with Crippen molar-refractivity contribution >= 4 is 0 Å². The molecule has 0 radical (unpaired) electrons. The monoisotopic (exact) mass is 1090 g/mol. The van der Waals surface area contributed by atoms with Gasteiger partial charge in [0.2, 0.25) is 0 Å². The second-order valence-corrected chi connectivity index (χ2v) is 30.7. The third kappa shape index (κ3) is 16.8. The van der Waals surface area contributed by atoms with Crippen molar-refractivity contribution in [2.45, 2.75) is 333 Å². The molecule has 2 atom stereocenters. The van der Waals surface area contributed by atoms with Gasteiger partial charge < -0.3 is 38.6 Å². The molecule has 452 valence electrons. The van der Waals surface area contributed by atoms with Crippen molar-refractivity contribution in [3.8, 4) is 0 Å². The molecule has 6 aliphatic rings. The zero-order valence-electron chi connectivity index (χ0n) is 53.0. The summed E-state index contributed by atoms with van der Waals surface area (Å²) in [6, 6.07) is 0. The maximum atomic E-state index is 11.6. The Bertz CT molecular complexity index is 1600. The predicted octanol–water partition coefficient (Wildman–Crippen LogP) is 12.1. The normalized spacial score (nSPS) is 28.5. The van der Waals surface area contributed by atoms with E-state index >= 15 is 0 Å². The first-order valence-electron chi connectivity index (χ1n) is 31.2. The molecule has 6 aliphatic heterocycles. The molecule has 0 bridgehead atoms. The van der Waals surface area contributed by atoms with E-state index in [2.05, 4.69) is 145 Å². The number of ether oxygens (including phenoxy) is 6. The summed E-state index contributed by atoms with van der Waals surface area (Å²) in [7, 11) is 0. The highest BCUT2D eigenvalue weighted by atomic mass is 16.7. The van der Waals surface area contributed by atoms with Gasteiger partial charge in [-0.15, -0.1) is 0 Å². The number of piperidine rings is 4. The lowest BCUT2D eigenvalue weighted by Crippen LogP contribution is -2.71. The lowest BCUT2D eigenvalue weighted by atomic mass is 9.74. The van der Waals surface area contributed by atoms with Crippen LogP contribution in [0.3, 0.4) is 0 Å². The van der Waals surface area contributed by atoms with Crippen molar-refractivity contribution in [3.63, 3.8) is 0 Å². The number of aliphatic hydroxyl groups excluding tert-OH is 2. The number of β-amino-alcohol motifs (C(OH)–C–C–N with tert-alkyl or cyclic N) is 2. The van der Waals surface area contributed by atoms with Gasteiger partial charge in [-0.05, 0) is 149 Å². The van der Waals surface area contributed by atoms with Crippen LogP contribution in [0.2, 0.25) is 0 Å². The Morgan fingerprint density at radius 2 is 0.675 bits per heavy atom. The number of likely N-dealkylation sites (tertiary alicyclic amines) is 2. The van der Waals surface area contributed by atoms with Crippen LogP contribution >= 0.6 is 0 Å². The zero-order chi connectivity index (χ0) is 57.0. The second-order valence-electron chi connectivity index (χ2n) is 30.7. The van der Waals surface area contributed by atoms with E-state index in [1.54, 1.807) is 0 Å². The first-order valence-corrected chi connectivity index (χ1v) is 31.2. The van der Waals surface area contributed by atoms with Gasteiger partial charge in [0, 0.05) is 83.1 Å². The average Bonchev–Trinajstić information content (AvgIpc) is 3.30. The quantitative estimate of drug-likeness (QED) is 0.0798. The highest BCUT2D eigenvalue weighted by molar-refractivity contribution is 5.09. The Balaban J connectivity index is 0.944. The summed E-state index contributed by atoms with van der Waals surface area (Å²) >= 11 is 0. The van der Waals surface area contributed by atoms with Gasteiger partial charge in [-0.3, -0.25) is 19.5 Å². The summed E-state index contributed by atoms with van der Waals surface area (Å²) in [5.41, 5.74) is -2.45. The zero-order valence-corrected chi connectivity index (χ0v) is 53.0. The van der Waals surface area contributed by atoms with Gasteiger partial charge in [0.05, 0.1) is 82.7 Å². The Kier molecular flexibility index (Phi) is 21.9. The maximum Gasteiger partial charge on any atom is 0.171 e. The van der Waals surface area contributed by atoms with Crippen molar-refractivity contribution in [1.29, 1.82) is 0 Å². The van der Waals surface area contributed by atoms with E-state index in [9.17, 15) is 10.2 Å². The third-order valence-electron chi connectivity index (χ3n) is 18.7. The van der Waals surface area contributed by atoms with Crippen LogP contribution < -0.4 is 0 Å². The van der Waals surface area contributed by atoms with E-state index in [-0.39, 0.29) is 69.7 Å². The fraction of sp³-hybridized carbons (Fsp3) is 1.00. The number of aliphatic hydroxyl groups is 2. The molecule has 14 heteroatoms. The molecule has 0 aromatic heterocycles. The fourth-order valence-electron chi connectivity index (χ4n) is 16.0. The molecule has 0 aromatic carbocycles. The summed E-state index contributed by atoms with van der Waals surface area (Å²) in [5, 5.41) is 27.8. The van der Waals surface area contributed by atoms with Gasteiger partial charge in [-0.25, -0.2) is 0 Å². The van der Waals surface area contributed by atoms with Crippen LogP contribution in [-0.2, 0) is 38.1 Å². The molecule has 0 aliphatic carbocycles. The van der Waals surface area contributed by atoms with Crippen LogP contribution in [0.5, 0.6) is 0 Å². The Morgan fingerprint density at radius 1 is 0.403 bits per heavy atom. The number of hydrogen-bond acceptors (Lipinski definition) is 14. The summed E-state index contributed by atoms with van der Waals surface area (Å²) < 4.78 is 40.9. The van der Waals surface area contributed by atoms with E-state index in [0.717, 1.165) is 51.7 Å². The van der Waals surface area contributed by atoms with E-state index in [1.165, 1.54) is 64.2 Å². The summed E-state index contributed by atoms with van der Waals surface area (Å²) in [5.74, 6) is -1.50. The van der Waals surface area contributed by atoms with Crippen molar-refractivity contribution in [2.24, 2.45) is 5.41 Å². The molecule has 0 amide bonds. The minimum atomic E-state index is -0.751. The van der Waals surface area contributed by atoms with Crippen LogP contribution in [0.25, 0.3) is 0 Å². The largest absolute Gasteiger partial charge is 0.389 e. The molecule has 6 saturated heterocycles. The minimum Gasteiger partial charge on any atom is -0.389 e. The van der Waals surface area contributed by atoms with Crippen molar-refractivity contribution in [1.82, 2.24) is 19.9 Å². The maximum absolute atomic E-state index is 11.6. The highest BCUT2D eigenvalue weighted by Gasteiger charge is 2.61. The summed E-state index contributed by atoms with van der Waals surface area (Å²) in [4.78, 5) is 17.9. The molecular weight excluding hydrogens is 973 g/mol. The van der Waals surface area contributed by atoms with Crippen molar-refractivity contribution < 1.29 is 48.3 Å². The SMILES string of the molecule is CCCCCCCCON1C(C)(C)CC(OCC(O)CN2C(C)(C)CC3(CC2(C)C)OCC2(CO3)COC3(CC(C)(C)N(CC(O)COC4CC(C)(C)N(OCCCCCCCC)C(C)(C)C4)C(C)(C)C3)OC2)CC1(C)C. The fourth-order valence-corrected chi connectivity index (χ4v) is 16.0. The first kappa shape index (κ1) is 65.6. The van der Waals surface area contributed by atoms with Gasteiger partial charge >= 0.3 is 0 Å². The lowest BCUT2D eigenvalue weighted by Gasteiger charge is -2.63. The van der Waals surface area contributed by atoms with Crippen LogP contribution in [-0.4, -0.2) is 176 Å². The van der Waals surface area contributed by atoms with Crippen LogP contribution in [0, 0.1) is 5.41 Å². The Morgan fingerprint density at radius 3 is 0.961 bits per heavy atom. The van der Waals surface area contributed by atoms with Crippen molar-refractivity contribution in [2.75, 3.05) is 65.9 Å². The van der Waals surface area contributed by atoms with Gasteiger partial charge in [-0.1, -0.05) is 78.1 Å². The predicted molar refractivity (Wildman–Crippen MR) is 309 cm³/mol. The molecule has 6 rings (SSSR count). The van der Waals surface area contributed by atoms with E-state index < -0.39 is 29.2 Å². The first-order chi connectivity index (χ1) is 35.7. The van der Waals surface area contributed by atoms with Gasteiger partial charge in [0.15, 0.2) is 11.6 Å². The number of nitrogens with zero attached hydrogens (tertiary/aromatic N) is 4. The molecule has 77 heavy (non-hydrogen) atoms. The molecule has 14 nitrogen and oxygen atoms in total. The highest BCUT2D eigenvalue weighted by Crippen LogP contribution is 2.53. The number of rotatable bonds is 26. The summed E-state index contributed by atoms with van der Waals surface area (Å²) in [6.07, 6.45) is 19.8. The lowest BCUT2D eigenvalue weighted by molar-refractivity contribution is -0.396. The molecule has 0 aromatic rings. The van der Waals surface area contributed by atoms with Crippen molar-refractivity contribution in [3.05, 3.63) is 0 Å². The standard InChI is InChI=1S/C63H120N4O10/c1-19-21-23-25-27-29-31-76-66-53(3,4)33-51(34-54(66,5)6)70-39-49(68)37-64-57(11,12)41-62(42-58(64,13)14)72-45-61(46-73-62)47-74-63(75-48-61)43-59(15,16)65(60(17,18)44-63)38-50(69)40-71-52-35-55(7,8)67(56(9,10)36-52)77-32-30-28-26-24-22-20-2/h49-52,68-69H,19-48H2,1-18H3. The topological polar surface area (TPSA) is 127 Å². The molecule has 3 spiro atoms. The molecule has 2 N–H and O–H groups in total. The van der Waals surface area contributed by atoms with Crippen LogP contribution in [0.1, 0.15) is 253 Å². The third-order valence-corrected chi connectivity index (χ3v) is 18.7. The van der Waals surface area contributed by atoms with Gasteiger partial charge in [-0.2, -0.15) is 10.1 Å². The molecule has 2 unspecified atom stereocenters. The van der Waals surface area contributed by atoms with Gasteiger partial charge in [0.1, 0.15) is 0 Å². The van der Waals surface area contributed by atoms with Crippen LogP contribution in [0.15, 0.2) is 0 Å². The Hall–Kier alpha value is -0.560. The van der Waals surface area contributed by atoms with E-state index in [4.69, 9.17) is 38.1 Å². The second kappa shape index (κ2) is 25.7. The van der Waals surface area contributed by atoms with Crippen LogP contribution in [0.4, 0.5) is 0 Å². The number of hydroxylamine groups is 4. The molecule has 6 heterocycles.